The molecule has 0 saturated carbocycles. The molecule has 1 rings (SSSR count). The second-order valence-corrected chi connectivity index (χ2v) is 4.70. The highest BCUT2D eigenvalue weighted by atomic mass is 16.5. The van der Waals surface area contributed by atoms with Gasteiger partial charge in [0.2, 0.25) is 0 Å². The lowest BCUT2D eigenvalue weighted by Gasteiger charge is -2.27. The number of ether oxygens (including phenoxy) is 1. The second kappa shape index (κ2) is 6.03. The van der Waals surface area contributed by atoms with Crippen molar-refractivity contribution in [3.63, 3.8) is 0 Å². The Morgan fingerprint density at radius 1 is 1.29 bits per heavy atom. The molecule has 0 aliphatic carbocycles. The fraction of sp³-hybridized carbons (Fsp3) is 0.571. The number of hydrogen-bond donors (Lipinski definition) is 1. The molecule has 0 fully saturated rings. The number of methoxy groups -OCH3 is 1. The van der Waals surface area contributed by atoms with Crippen molar-refractivity contribution in [1.82, 2.24) is 4.90 Å². The van der Waals surface area contributed by atoms with E-state index in [0.29, 0.717) is 6.42 Å². The van der Waals surface area contributed by atoms with E-state index in [1.807, 2.05) is 14.1 Å². The largest absolute Gasteiger partial charge is 0.496 e. The number of hydrogen-bond acceptors (Lipinski definition) is 3. The van der Waals surface area contributed by atoms with Crippen molar-refractivity contribution in [3.05, 3.63) is 28.8 Å². The summed E-state index contributed by atoms with van der Waals surface area (Å²) in [7, 11) is 5.75. The molecule has 1 unspecified atom stereocenters. The van der Waals surface area contributed by atoms with Gasteiger partial charge in [-0.1, -0.05) is 17.7 Å². The molecule has 0 aliphatic heterocycles. The molecule has 0 bridgehead atoms. The zero-order chi connectivity index (χ0) is 13.0. The van der Waals surface area contributed by atoms with Gasteiger partial charge in [-0.15, -0.1) is 0 Å². The summed E-state index contributed by atoms with van der Waals surface area (Å²) in [6.45, 7) is 4.32. The molecule has 0 saturated heterocycles. The first-order valence-electron chi connectivity index (χ1n) is 5.93. The van der Waals surface area contributed by atoms with Crippen LogP contribution < -0.4 is 4.74 Å². The Hall–Kier alpha value is -1.06. The Bertz CT molecular complexity index is 375. The van der Waals surface area contributed by atoms with Crippen LogP contribution in [0.3, 0.4) is 0 Å². The van der Waals surface area contributed by atoms with E-state index >= 15 is 0 Å². The van der Waals surface area contributed by atoms with Crippen molar-refractivity contribution in [3.8, 4) is 5.75 Å². The van der Waals surface area contributed by atoms with Crippen LogP contribution >= 0.6 is 0 Å². The highest BCUT2D eigenvalue weighted by molar-refractivity contribution is 5.45. The van der Waals surface area contributed by atoms with Crippen molar-refractivity contribution in [1.29, 1.82) is 0 Å². The van der Waals surface area contributed by atoms with Crippen LogP contribution in [0.1, 0.15) is 29.2 Å². The van der Waals surface area contributed by atoms with Gasteiger partial charge in [-0.3, -0.25) is 0 Å². The average molecular weight is 237 g/mol. The Labute approximate surface area is 104 Å². The summed E-state index contributed by atoms with van der Waals surface area (Å²) in [5.41, 5.74) is 3.53. The summed E-state index contributed by atoms with van der Waals surface area (Å²) in [6.07, 6.45) is 0.715. The number of aliphatic hydroxyl groups is 1. The monoisotopic (exact) mass is 237 g/mol. The molecule has 3 nitrogen and oxygen atoms in total. The number of rotatable bonds is 5. The minimum absolute atomic E-state index is 0.180. The molecule has 96 valence electrons. The minimum atomic E-state index is 0.180. The SMILES string of the molecule is COc1c(C)cc(C)cc1C(CCO)N(C)C. The van der Waals surface area contributed by atoms with E-state index < -0.39 is 0 Å². The fourth-order valence-corrected chi connectivity index (χ4v) is 2.33. The molecule has 0 radical (unpaired) electrons. The molecule has 3 heteroatoms. The van der Waals surface area contributed by atoms with Crippen molar-refractivity contribution < 1.29 is 9.84 Å². The van der Waals surface area contributed by atoms with Crippen molar-refractivity contribution in [2.24, 2.45) is 0 Å². The first-order valence-corrected chi connectivity index (χ1v) is 5.93. The molecule has 0 heterocycles. The third-order valence-electron chi connectivity index (χ3n) is 3.04. The van der Waals surface area contributed by atoms with Gasteiger partial charge < -0.3 is 14.7 Å². The highest BCUT2D eigenvalue weighted by Gasteiger charge is 2.19. The normalized spacial score (nSPS) is 12.9. The lowest BCUT2D eigenvalue weighted by Crippen LogP contribution is -2.22. The number of aryl methyl sites for hydroxylation is 2. The first-order chi connectivity index (χ1) is 8.01. The van der Waals surface area contributed by atoms with Crippen LogP contribution in [0.5, 0.6) is 5.75 Å². The van der Waals surface area contributed by atoms with E-state index in [-0.39, 0.29) is 12.6 Å². The van der Waals surface area contributed by atoms with Gasteiger partial charge >= 0.3 is 0 Å². The Kier molecular flexibility index (Phi) is 4.97. The predicted molar refractivity (Wildman–Crippen MR) is 70.6 cm³/mol. The quantitative estimate of drug-likeness (QED) is 0.853. The molecule has 1 atom stereocenters. The van der Waals surface area contributed by atoms with E-state index in [2.05, 4.69) is 30.9 Å². The molecule has 0 spiro atoms. The van der Waals surface area contributed by atoms with Gasteiger partial charge in [-0.05, 0) is 39.9 Å². The van der Waals surface area contributed by atoms with Crippen LogP contribution in [0.25, 0.3) is 0 Å². The van der Waals surface area contributed by atoms with Crippen LogP contribution in [-0.4, -0.2) is 37.8 Å². The molecule has 1 aromatic carbocycles. The Morgan fingerprint density at radius 2 is 1.94 bits per heavy atom. The maximum atomic E-state index is 9.18. The van der Waals surface area contributed by atoms with E-state index in [9.17, 15) is 5.11 Å². The molecule has 1 aromatic rings. The number of nitrogens with zero attached hydrogens (tertiary/aromatic N) is 1. The number of aliphatic hydroxyl groups excluding tert-OH is 1. The van der Waals surface area contributed by atoms with E-state index in [0.717, 1.165) is 16.9 Å². The van der Waals surface area contributed by atoms with E-state index in [1.54, 1.807) is 7.11 Å². The molecule has 0 amide bonds. The number of benzene rings is 1. The standard InChI is InChI=1S/C14H23NO2/c1-10-8-11(2)14(17-5)12(9-10)13(6-7-16)15(3)4/h8-9,13,16H,6-7H2,1-5H3. The third kappa shape index (κ3) is 3.20. The van der Waals surface area contributed by atoms with Crippen LogP contribution in [0.15, 0.2) is 12.1 Å². The van der Waals surface area contributed by atoms with Gasteiger partial charge in [0.15, 0.2) is 0 Å². The maximum absolute atomic E-state index is 9.18. The van der Waals surface area contributed by atoms with Gasteiger partial charge in [0.05, 0.1) is 7.11 Å². The molecule has 1 N–H and O–H groups in total. The summed E-state index contributed by atoms with van der Waals surface area (Å²) in [5, 5.41) is 9.18. The van der Waals surface area contributed by atoms with Crippen LogP contribution in [-0.2, 0) is 0 Å². The zero-order valence-corrected chi connectivity index (χ0v) is 11.4. The molecular weight excluding hydrogens is 214 g/mol. The van der Waals surface area contributed by atoms with Crippen LogP contribution in [0.2, 0.25) is 0 Å². The summed E-state index contributed by atoms with van der Waals surface area (Å²) < 4.78 is 5.50. The van der Waals surface area contributed by atoms with Crippen molar-refractivity contribution in [2.45, 2.75) is 26.3 Å². The van der Waals surface area contributed by atoms with Gasteiger partial charge in [-0.2, -0.15) is 0 Å². The Balaban J connectivity index is 3.25. The third-order valence-corrected chi connectivity index (χ3v) is 3.04. The lowest BCUT2D eigenvalue weighted by atomic mass is 9.97. The Morgan fingerprint density at radius 3 is 2.41 bits per heavy atom. The van der Waals surface area contributed by atoms with E-state index in [1.165, 1.54) is 5.56 Å². The minimum Gasteiger partial charge on any atom is -0.496 e. The topological polar surface area (TPSA) is 32.7 Å². The first kappa shape index (κ1) is 14.0. The van der Waals surface area contributed by atoms with Crippen LogP contribution in [0.4, 0.5) is 0 Å². The van der Waals surface area contributed by atoms with Crippen molar-refractivity contribution >= 4 is 0 Å². The maximum Gasteiger partial charge on any atom is 0.126 e. The lowest BCUT2D eigenvalue weighted by molar-refractivity contribution is 0.207. The average Bonchev–Trinajstić information content (AvgIpc) is 2.24. The van der Waals surface area contributed by atoms with Gasteiger partial charge in [0.1, 0.15) is 5.75 Å². The predicted octanol–water partition coefficient (Wildman–Crippen LogP) is 2.30. The van der Waals surface area contributed by atoms with Gasteiger partial charge in [0.25, 0.3) is 0 Å². The molecule has 17 heavy (non-hydrogen) atoms. The summed E-state index contributed by atoms with van der Waals surface area (Å²) in [4.78, 5) is 2.12. The smallest absolute Gasteiger partial charge is 0.126 e. The zero-order valence-electron chi connectivity index (χ0n) is 11.4. The molecule has 0 aromatic heterocycles. The van der Waals surface area contributed by atoms with E-state index in [4.69, 9.17) is 4.74 Å². The summed E-state index contributed by atoms with van der Waals surface area (Å²) in [6, 6.07) is 4.45. The fourth-order valence-electron chi connectivity index (χ4n) is 2.33. The van der Waals surface area contributed by atoms with Crippen LogP contribution in [0, 0.1) is 13.8 Å². The summed E-state index contributed by atoms with van der Waals surface area (Å²) >= 11 is 0. The second-order valence-electron chi connectivity index (χ2n) is 4.70. The molecular formula is C14H23NO2. The van der Waals surface area contributed by atoms with Gasteiger partial charge in [0, 0.05) is 18.2 Å². The summed E-state index contributed by atoms with van der Waals surface area (Å²) in [5.74, 6) is 0.933. The molecule has 0 aliphatic rings. The highest BCUT2D eigenvalue weighted by Crippen LogP contribution is 2.33. The van der Waals surface area contributed by atoms with Gasteiger partial charge in [-0.25, -0.2) is 0 Å². The van der Waals surface area contributed by atoms with Crippen molar-refractivity contribution in [2.75, 3.05) is 27.8 Å².